The first kappa shape index (κ1) is 13.0. The van der Waals surface area contributed by atoms with E-state index in [0.717, 1.165) is 9.40 Å². The lowest BCUT2D eigenvalue weighted by atomic mass is 10.2. The van der Waals surface area contributed by atoms with Crippen molar-refractivity contribution in [2.75, 3.05) is 0 Å². The molecule has 7 heteroatoms. The first-order chi connectivity index (χ1) is 9.44. The van der Waals surface area contributed by atoms with E-state index in [0.29, 0.717) is 10.8 Å². The number of hydrogen-bond acceptors (Lipinski definition) is 5. The fraction of sp³-hybridized carbons (Fsp3) is 0. The quantitative estimate of drug-likeness (QED) is 0.581. The van der Waals surface area contributed by atoms with E-state index in [1.807, 2.05) is 12.1 Å². The summed E-state index contributed by atoms with van der Waals surface area (Å²) in [6.07, 6.45) is 0. The fourth-order valence-electron chi connectivity index (χ4n) is 1.96. The van der Waals surface area contributed by atoms with Crippen molar-refractivity contribution in [3.8, 4) is 5.75 Å². The highest BCUT2D eigenvalue weighted by Gasteiger charge is 2.10. The van der Waals surface area contributed by atoms with Gasteiger partial charge in [0.25, 0.3) is 0 Å². The standard InChI is InChI=1S/C13H8O5S2/c14-13-9-3-1-2-4-11(9)19-12-6-5-8(7-10(12)13)18-20(15,16)17/h1-7H,(H,15,16,17). The van der Waals surface area contributed by atoms with Crippen molar-refractivity contribution in [1.29, 1.82) is 0 Å². The van der Waals surface area contributed by atoms with Crippen LogP contribution in [0.15, 0.2) is 47.3 Å². The average Bonchev–Trinajstić information content (AvgIpc) is 2.38. The molecule has 0 saturated carbocycles. The van der Waals surface area contributed by atoms with Crippen molar-refractivity contribution < 1.29 is 17.2 Å². The van der Waals surface area contributed by atoms with Crippen molar-refractivity contribution in [2.45, 2.75) is 0 Å². The van der Waals surface area contributed by atoms with E-state index in [1.165, 1.54) is 23.5 Å². The molecule has 0 radical (unpaired) electrons. The number of rotatable bonds is 2. The van der Waals surface area contributed by atoms with Gasteiger partial charge >= 0.3 is 10.4 Å². The number of benzene rings is 2. The van der Waals surface area contributed by atoms with Crippen molar-refractivity contribution in [1.82, 2.24) is 0 Å². The maximum atomic E-state index is 12.3. The van der Waals surface area contributed by atoms with E-state index < -0.39 is 10.4 Å². The van der Waals surface area contributed by atoms with Crippen molar-refractivity contribution >= 4 is 41.9 Å². The summed E-state index contributed by atoms with van der Waals surface area (Å²) >= 11 is 1.42. The van der Waals surface area contributed by atoms with Crippen LogP contribution in [-0.2, 0) is 10.4 Å². The third kappa shape index (κ3) is 2.38. The average molecular weight is 308 g/mol. The minimum Gasteiger partial charge on any atom is -0.362 e. The molecule has 1 heterocycles. The molecule has 0 aliphatic carbocycles. The number of hydrogen-bond donors (Lipinski definition) is 1. The van der Waals surface area contributed by atoms with Gasteiger partial charge in [-0.15, -0.1) is 11.3 Å². The third-order valence-corrected chi connectivity index (χ3v) is 4.30. The van der Waals surface area contributed by atoms with Crippen LogP contribution in [0.4, 0.5) is 0 Å². The Morgan fingerprint density at radius 3 is 2.45 bits per heavy atom. The highest BCUT2D eigenvalue weighted by atomic mass is 32.3. The van der Waals surface area contributed by atoms with Crippen LogP contribution in [0.1, 0.15) is 0 Å². The van der Waals surface area contributed by atoms with Gasteiger partial charge in [0.1, 0.15) is 5.75 Å². The van der Waals surface area contributed by atoms with Crippen LogP contribution < -0.4 is 9.61 Å². The maximum Gasteiger partial charge on any atom is 0.446 e. The normalized spacial score (nSPS) is 11.8. The molecule has 1 aromatic heterocycles. The van der Waals surface area contributed by atoms with Gasteiger partial charge in [0.05, 0.1) is 0 Å². The van der Waals surface area contributed by atoms with Crippen LogP contribution in [0, 0.1) is 0 Å². The summed E-state index contributed by atoms with van der Waals surface area (Å²) in [7, 11) is -4.60. The molecular weight excluding hydrogens is 300 g/mol. The molecule has 3 rings (SSSR count). The molecule has 0 bridgehead atoms. The lowest BCUT2D eigenvalue weighted by Crippen LogP contribution is -2.07. The Hall–Kier alpha value is -1.96. The van der Waals surface area contributed by atoms with Gasteiger partial charge in [-0.05, 0) is 30.3 Å². The highest BCUT2D eigenvalue weighted by Crippen LogP contribution is 2.27. The van der Waals surface area contributed by atoms with Gasteiger partial charge in [-0.25, -0.2) is 0 Å². The maximum absolute atomic E-state index is 12.3. The van der Waals surface area contributed by atoms with E-state index in [1.54, 1.807) is 18.2 Å². The third-order valence-electron chi connectivity index (χ3n) is 2.75. The van der Waals surface area contributed by atoms with Crippen molar-refractivity contribution in [2.24, 2.45) is 0 Å². The van der Waals surface area contributed by atoms with E-state index in [9.17, 15) is 13.2 Å². The van der Waals surface area contributed by atoms with Crippen molar-refractivity contribution in [3.05, 3.63) is 52.7 Å². The van der Waals surface area contributed by atoms with Crippen LogP contribution >= 0.6 is 11.3 Å². The van der Waals surface area contributed by atoms with E-state index in [-0.39, 0.29) is 11.2 Å². The zero-order valence-electron chi connectivity index (χ0n) is 9.94. The molecule has 0 amide bonds. The largest absolute Gasteiger partial charge is 0.446 e. The first-order valence-corrected chi connectivity index (χ1v) is 7.75. The molecule has 0 saturated heterocycles. The molecule has 0 spiro atoms. The molecular formula is C13H8O5S2. The Kier molecular flexibility index (Phi) is 2.97. The monoisotopic (exact) mass is 308 g/mol. The summed E-state index contributed by atoms with van der Waals surface area (Å²) in [6.45, 7) is 0. The van der Waals surface area contributed by atoms with Crippen LogP contribution in [0.2, 0.25) is 0 Å². The molecule has 0 aliphatic heterocycles. The number of fused-ring (bicyclic) bond motifs is 2. The lowest BCUT2D eigenvalue weighted by molar-refractivity contribution is 0.387. The highest BCUT2D eigenvalue weighted by molar-refractivity contribution is 7.81. The second-order valence-corrected chi connectivity index (χ2v) is 6.20. The topological polar surface area (TPSA) is 80.7 Å². The van der Waals surface area contributed by atoms with E-state index in [2.05, 4.69) is 4.18 Å². The van der Waals surface area contributed by atoms with Crippen LogP contribution in [0.3, 0.4) is 0 Å². The van der Waals surface area contributed by atoms with Gasteiger partial charge in [-0.2, -0.15) is 8.42 Å². The Bertz CT molecular complexity index is 973. The summed E-state index contributed by atoms with van der Waals surface area (Å²) in [4.78, 5) is 12.3. The second-order valence-electron chi connectivity index (χ2n) is 4.10. The molecule has 2 aromatic carbocycles. The smallest absolute Gasteiger partial charge is 0.362 e. The van der Waals surface area contributed by atoms with Gasteiger partial charge < -0.3 is 4.18 Å². The van der Waals surface area contributed by atoms with Gasteiger partial charge in [0, 0.05) is 20.2 Å². The van der Waals surface area contributed by atoms with Gasteiger partial charge in [-0.1, -0.05) is 12.1 Å². The second kappa shape index (κ2) is 4.55. The van der Waals surface area contributed by atoms with E-state index >= 15 is 0 Å². The Labute approximate surface area is 118 Å². The predicted octanol–water partition coefficient (Wildman–Crippen LogP) is 2.60. The molecule has 0 aliphatic rings. The molecule has 0 fully saturated rings. The van der Waals surface area contributed by atoms with Gasteiger partial charge in [-0.3, -0.25) is 9.35 Å². The van der Waals surface area contributed by atoms with E-state index in [4.69, 9.17) is 4.55 Å². The summed E-state index contributed by atoms with van der Waals surface area (Å²) in [6, 6.07) is 11.5. The minimum atomic E-state index is -4.60. The molecule has 0 unspecified atom stereocenters. The SMILES string of the molecule is O=c1c2ccccc2sc2ccc(OS(=O)(=O)O)cc12. The molecule has 102 valence electrons. The Morgan fingerprint density at radius 1 is 1.00 bits per heavy atom. The summed E-state index contributed by atoms with van der Waals surface area (Å²) in [5.41, 5.74) is -0.199. The zero-order chi connectivity index (χ0) is 14.3. The summed E-state index contributed by atoms with van der Waals surface area (Å²) in [5, 5.41) is 0.920. The molecule has 3 aromatic rings. The minimum absolute atomic E-state index is 0.0976. The Balaban J connectivity index is 2.31. The zero-order valence-corrected chi connectivity index (χ0v) is 11.6. The lowest BCUT2D eigenvalue weighted by Gasteiger charge is -2.04. The summed E-state index contributed by atoms with van der Waals surface area (Å²) < 4.78 is 36.0. The van der Waals surface area contributed by atoms with Crippen LogP contribution in [-0.4, -0.2) is 13.0 Å². The fourth-order valence-corrected chi connectivity index (χ4v) is 3.35. The first-order valence-electron chi connectivity index (χ1n) is 5.56. The molecule has 1 N–H and O–H groups in total. The van der Waals surface area contributed by atoms with Crippen LogP contribution in [0.25, 0.3) is 20.2 Å². The van der Waals surface area contributed by atoms with Gasteiger partial charge in [0.2, 0.25) is 0 Å². The predicted molar refractivity (Wildman–Crippen MR) is 77.8 cm³/mol. The van der Waals surface area contributed by atoms with Crippen LogP contribution in [0.5, 0.6) is 5.75 Å². The molecule has 5 nitrogen and oxygen atoms in total. The van der Waals surface area contributed by atoms with Gasteiger partial charge in [0.15, 0.2) is 5.43 Å². The Morgan fingerprint density at radius 2 is 1.70 bits per heavy atom. The molecule has 0 atom stereocenters. The van der Waals surface area contributed by atoms with Crippen molar-refractivity contribution in [3.63, 3.8) is 0 Å². The molecule has 20 heavy (non-hydrogen) atoms. The summed E-state index contributed by atoms with van der Waals surface area (Å²) in [5.74, 6) is -0.0976.